The lowest BCUT2D eigenvalue weighted by atomic mass is 9.91. The van der Waals surface area contributed by atoms with Gasteiger partial charge in [-0.15, -0.1) is 12.4 Å². The highest BCUT2D eigenvalue weighted by atomic mass is 35.5. The Morgan fingerprint density at radius 2 is 1.63 bits per heavy atom. The van der Waals surface area contributed by atoms with E-state index in [0.29, 0.717) is 22.4 Å². The van der Waals surface area contributed by atoms with Gasteiger partial charge in [-0.1, -0.05) is 24.3 Å². The number of hydrogen-bond donors (Lipinski definition) is 4. The molecule has 144 valence electrons. The van der Waals surface area contributed by atoms with Crippen molar-refractivity contribution in [2.45, 2.75) is 6.92 Å². The zero-order chi connectivity index (χ0) is 19.4. The summed E-state index contributed by atoms with van der Waals surface area (Å²) in [5, 5.41) is 27.5. The Hall–Kier alpha value is -3.19. The van der Waals surface area contributed by atoms with Crippen LogP contribution in [0.4, 0.5) is 0 Å². The third-order valence-corrected chi connectivity index (χ3v) is 3.95. The molecule has 5 N–H and O–H groups in total. The highest BCUT2D eigenvalue weighted by molar-refractivity contribution is 6.02. The number of ether oxygens (including phenoxy) is 2. The number of carboxylic acid groups (broad SMARTS) is 1. The van der Waals surface area contributed by atoms with Gasteiger partial charge in [0.05, 0.1) is 14.2 Å². The molecule has 0 atom stereocenters. The summed E-state index contributed by atoms with van der Waals surface area (Å²) in [5.41, 5.74) is 7.12. The molecule has 0 aliphatic heterocycles. The van der Waals surface area contributed by atoms with Gasteiger partial charge >= 0.3 is 5.97 Å². The first-order valence-electron chi connectivity index (χ1n) is 7.64. The van der Waals surface area contributed by atoms with Gasteiger partial charge in [-0.2, -0.15) is 0 Å². The average molecular weight is 393 g/mol. The van der Waals surface area contributed by atoms with Crippen LogP contribution in [0.3, 0.4) is 0 Å². The van der Waals surface area contributed by atoms with Crippen LogP contribution in [0.5, 0.6) is 17.2 Å². The Morgan fingerprint density at radius 1 is 1.07 bits per heavy atom. The quantitative estimate of drug-likeness (QED) is 0.340. The second-order valence-electron chi connectivity index (χ2n) is 5.52. The first-order chi connectivity index (χ1) is 12.3. The number of carboxylic acids is 1. The van der Waals surface area contributed by atoms with Crippen molar-refractivity contribution >= 4 is 29.8 Å². The minimum absolute atomic E-state index is 0. The van der Waals surface area contributed by atoms with Crippen molar-refractivity contribution in [2.24, 2.45) is 5.73 Å². The van der Waals surface area contributed by atoms with E-state index in [0.717, 1.165) is 0 Å². The van der Waals surface area contributed by atoms with Crippen LogP contribution in [0.1, 0.15) is 23.6 Å². The fraction of sp³-hybridized carbons (Fsp3) is 0.158. The monoisotopic (exact) mass is 392 g/mol. The lowest BCUT2D eigenvalue weighted by Gasteiger charge is -2.16. The fourth-order valence-corrected chi connectivity index (χ4v) is 2.54. The molecule has 0 radical (unpaired) electrons. The molecule has 7 nitrogen and oxygen atoms in total. The van der Waals surface area contributed by atoms with Crippen LogP contribution in [0.15, 0.2) is 42.0 Å². The highest BCUT2D eigenvalue weighted by Gasteiger charge is 2.21. The number of nitrogen functional groups attached to an aromatic ring is 1. The molecular formula is C19H21ClN2O5. The van der Waals surface area contributed by atoms with Gasteiger partial charge in [0, 0.05) is 28.3 Å². The first kappa shape index (κ1) is 21.9. The minimum Gasteiger partial charge on any atom is -0.504 e. The van der Waals surface area contributed by atoms with E-state index < -0.39 is 5.97 Å². The Labute approximate surface area is 163 Å². The van der Waals surface area contributed by atoms with Crippen LogP contribution in [0.2, 0.25) is 0 Å². The lowest BCUT2D eigenvalue weighted by Crippen LogP contribution is -2.11. The van der Waals surface area contributed by atoms with Crippen LogP contribution in [-0.4, -0.2) is 36.2 Å². The molecule has 27 heavy (non-hydrogen) atoms. The molecule has 0 saturated carbocycles. The number of rotatable bonds is 6. The maximum absolute atomic E-state index is 11.6. The molecular weight excluding hydrogens is 372 g/mol. The van der Waals surface area contributed by atoms with E-state index in [1.54, 1.807) is 30.3 Å². The number of nitrogens with one attached hydrogen (secondary N) is 1. The van der Waals surface area contributed by atoms with Crippen LogP contribution in [0, 0.1) is 5.41 Å². The molecule has 2 aromatic carbocycles. The summed E-state index contributed by atoms with van der Waals surface area (Å²) >= 11 is 0. The molecule has 0 amide bonds. The Balaban J connectivity index is 0.00000364. The van der Waals surface area contributed by atoms with Gasteiger partial charge in [0.15, 0.2) is 11.5 Å². The minimum atomic E-state index is -1.13. The summed E-state index contributed by atoms with van der Waals surface area (Å²) in [4.78, 5) is 11.6. The van der Waals surface area contributed by atoms with Crippen LogP contribution >= 0.6 is 12.4 Å². The van der Waals surface area contributed by atoms with Crippen LogP contribution < -0.4 is 15.2 Å². The number of halogens is 1. The number of hydrogen-bond acceptors (Lipinski definition) is 5. The summed E-state index contributed by atoms with van der Waals surface area (Å²) in [6.45, 7) is 1.45. The molecule has 0 fully saturated rings. The molecule has 0 heterocycles. The van der Waals surface area contributed by atoms with Crippen molar-refractivity contribution in [3.8, 4) is 17.2 Å². The summed E-state index contributed by atoms with van der Waals surface area (Å²) in [7, 11) is 2.86. The lowest BCUT2D eigenvalue weighted by molar-refractivity contribution is -0.132. The van der Waals surface area contributed by atoms with Crippen LogP contribution in [-0.2, 0) is 4.79 Å². The largest absolute Gasteiger partial charge is 0.504 e. The number of phenolic OH excluding ortho intramolecular Hbond substituents is 1. The van der Waals surface area contributed by atoms with Crippen molar-refractivity contribution < 1.29 is 24.5 Å². The molecule has 0 saturated heterocycles. The smallest absolute Gasteiger partial charge is 0.331 e. The number of amidine groups is 1. The zero-order valence-electron chi connectivity index (χ0n) is 15.1. The molecule has 0 aromatic heterocycles. The average Bonchev–Trinajstić information content (AvgIpc) is 2.63. The molecule has 2 aromatic rings. The number of methoxy groups -OCH3 is 2. The molecule has 2 rings (SSSR count). The Morgan fingerprint density at radius 3 is 2.07 bits per heavy atom. The van der Waals surface area contributed by atoms with E-state index in [1.807, 2.05) is 0 Å². The van der Waals surface area contributed by atoms with Crippen molar-refractivity contribution in [2.75, 3.05) is 14.2 Å². The summed E-state index contributed by atoms with van der Waals surface area (Å²) < 4.78 is 10.4. The van der Waals surface area contributed by atoms with E-state index >= 15 is 0 Å². The molecule has 0 aliphatic rings. The van der Waals surface area contributed by atoms with Crippen molar-refractivity contribution in [1.29, 1.82) is 5.41 Å². The molecule has 8 heteroatoms. The number of phenols is 1. The highest BCUT2D eigenvalue weighted by Crippen LogP contribution is 2.41. The molecule has 0 spiro atoms. The number of aromatic hydroxyl groups is 1. The third kappa shape index (κ3) is 4.51. The van der Waals surface area contributed by atoms with Gasteiger partial charge in [0.2, 0.25) is 0 Å². The maximum atomic E-state index is 11.6. The predicted molar refractivity (Wildman–Crippen MR) is 105 cm³/mol. The number of carbonyl (C=O) groups is 1. The Kier molecular flexibility index (Phi) is 7.25. The maximum Gasteiger partial charge on any atom is 0.331 e. The van der Waals surface area contributed by atoms with Gasteiger partial charge in [0.1, 0.15) is 11.6 Å². The van der Waals surface area contributed by atoms with Gasteiger partial charge in [-0.05, 0) is 18.6 Å². The van der Waals surface area contributed by atoms with Gasteiger partial charge in [-0.3, -0.25) is 5.41 Å². The molecule has 0 aliphatic carbocycles. The number of benzene rings is 2. The van der Waals surface area contributed by atoms with E-state index in [2.05, 4.69) is 0 Å². The van der Waals surface area contributed by atoms with E-state index in [-0.39, 0.29) is 40.9 Å². The topological polar surface area (TPSA) is 126 Å². The second kappa shape index (κ2) is 8.95. The van der Waals surface area contributed by atoms with Crippen molar-refractivity contribution in [3.05, 3.63) is 58.7 Å². The zero-order valence-corrected chi connectivity index (χ0v) is 15.9. The molecule has 0 unspecified atom stereocenters. The van der Waals surface area contributed by atoms with E-state index in [1.165, 1.54) is 27.2 Å². The van der Waals surface area contributed by atoms with Gasteiger partial charge in [0.25, 0.3) is 0 Å². The third-order valence-electron chi connectivity index (χ3n) is 3.95. The standard InChI is InChI=1S/C19H20N2O5.ClH/c1-10(19(23)24)16(11-4-6-12(7-5-11)18(20)21)14-8-13(25-2)9-15(26-3)17(14)22;/h4-9,22H,1-3H3,(H3,20,21)(H,23,24);1H/b16-10+;. The van der Waals surface area contributed by atoms with E-state index in [9.17, 15) is 15.0 Å². The predicted octanol–water partition coefficient (Wildman–Crippen LogP) is 3.02. The Bertz CT molecular complexity index is 892. The SMILES string of the molecule is COc1cc(OC)c(O)c(/C(=C(\C)C(=O)O)c2ccc(C(=N)N)cc2)c1.Cl. The molecule has 0 bridgehead atoms. The van der Waals surface area contributed by atoms with E-state index in [4.69, 9.17) is 20.6 Å². The number of aliphatic carboxylic acids is 1. The van der Waals surface area contributed by atoms with Gasteiger partial charge in [-0.25, -0.2) is 4.79 Å². The second-order valence-corrected chi connectivity index (χ2v) is 5.52. The normalized spacial score (nSPS) is 11.1. The van der Waals surface area contributed by atoms with Crippen LogP contribution in [0.25, 0.3) is 5.57 Å². The first-order valence-corrected chi connectivity index (χ1v) is 7.64. The fourth-order valence-electron chi connectivity index (χ4n) is 2.54. The number of nitrogens with two attached hydrogens (primary N) is 1. The van der Waals surface area contributed by atoms with Crippen molar-refractivity contribution in [3.63, 3.8) is 0 Å². The summed E-state index contributed by atoms with van der Waals surface area (Å²) in [6, 6.07) is 9.56. The summed E-state index contributed by atoms with van der Waals surface area (Å²) in [6.07, 6.45) is 0. The summed E-state index contributed by atoms with van der Waals surface area (Å²) in [5.74, 6) is -0.847. The van der Waals surface area contributed by atoms with Gasteiger partial charge < -0.3 is 25.4 Å². The van der Waals surface area contributed by atoms with Crippen molar-refractivity contribution in [1.82, 2.24) is 0 Å².